The van der Waals surface area contributed by atoms with Crippen LogP contribution in [0, 0.1) is 0 Å². The minimum Gasteiger partial charge on any atom is -0.0840 e. The molecule has 0 aromatic rings. The Morgan fingerprint density at radius 1 is 0.833 bits per heavy atom. The van der Waals surface area contributed by atoms with Crippen LogP contribution in [0.3, 0.4) is 0 Å². The molecule has 0 unspecified atom stereocenters. The highest BCUT2D eigenvalue weighted by Crippen LogP contribution is 2.56. The molecule has 0 aromatic carbocycles. The number of hydrogen-bond acceptors (Lipinski definition) is 0. The molecule has 2 aliphatic carbocycles. The Bertz CT molecular complexity index is 216. The molecule has 0 atom stereocenters. The summed E-state index contributed by atoms with van der Waals surface area (Å²) in [7, 11) is 0.211. The van der Waals surface area contributed by atoms with E-state index in [0.29, 0.717) is 0 Å². The monoisotopic (exact) mass is 266 g/mol. The lowest BCUT2D eigenvalue weighted by Gasteiger charge is -2.36. The van der Waals surface area contributed by atoms with Crippen molar-refractivity contribution in [2.45, 2.75) is 95.3 Å². The topological polar surface area (TPSA) is 0 Å². The van der Waals surface area contributed by atoms with E-state index in [9.17, 15) is 0 Å². The van der Waals surface area contributed by atoms with Gasteiger partial charge in [-0.15, -0.1) is 0 Å². The molecule has 0 heterocycles. The van der Waals surface area contributed by atoms with Gasteiger partial charge < -0.3 is 0 Å². The quantitative estimate of drug-likeness (QED) is 0.502. The molecule has 0 aromatic heterocycles. The Kier molecular flexibility index (Phi) is 6.77. The third-order valence-corrected chi connectivity index (χ3v) is 8.00. The maximum absolute atomic E-state index is 2.70. The van der Waals surface area contributed by atoms with Crippen molar-refractivity contribution in [1.29, 1.82) is 0 Å². The highest BCUT2D eigenvalue weighted by Gasteiger charge is 2.28. The van der Waals surface area contributed by atoms with Crippen LogP contribution in [0.2, 0.25) is 0 Å². The third kappa shape index (κ3) is 4.37. The summed E-state index contributed by atoms with van der Waals surface area (Å²) < 4.78 is 0. The second-order valence-electron chi connectivity index (χ2n) is 6.20. The second kappa shape index (κ2) is 8.36. The van der Waals surface area contributed by atoms with E-state index in [2.05, 4.69) is 18.8 Å². The Balaban J connectivity index is 1.95. The van der Waals surface area contributed by atoms with E-state index in [1.54, 1.807) is 25.7 Å². The molecule has 18 heavy (non-hydrogen) atoms. The Hall–Kier alpha value is 0.170. The summed E-state index contributed by atoms with van der Waals surface area (Å²) in [5.74, 6) is 2.70. The average molecular weight is 266 g/mol. The first-order valence-corrected chi connectivity index (χ1v) is 9.91. The van der Waals surface area contributed by atoms with E-state index in [0.717, 1.165) is 11.3 Å². The largest absolute Gasteiger partial charge is 0.0840 e. The van der Waals surface area contributed by atoms with Gasteiger partial charge in [-0.25, -0.2) is 0 Å². The zero-order valence-electron chi connectivity index (χ0n) is 12.2. The molecule has 2 fully saturated rings. The SMILES string of the molecule is CCCC=CP(C1CCCCC1)C1CCCCC1. The van der Waals surface area contributed by atoms with Gasteiger partial charge >= 0.3 is 0 Å². The lowest BCUT2D eigenvalue weighted by molar-refractivity contribution is 0.486. The highest BCUT2D eigenvalue weighted by molar-refractivity contribution is 7.62. The van der Waals surface area contributed by atoms with Gasteiger partial charge in [0, 0.05) is 0 Å². The van der Waals surface area contributed by atoms with E-state index in [-0.39, 0.29) is 7.92 Å². The van der Waals surface area contributed by atoms with Crippen LogP contribution < -0.4 is 0 Å². The third-order valence-electron chi connectivity index (χ3n) is 4.73. The van der Waals surface area contributed by atoms with Crippen LogP contribution in [-0.4, -0.2) is 11.3 Å². The van der Waals surface area contributed by atoms with Crippen molar-refractivity contribution in [3.05, 3.63) is 11.9 Å². The van der Waals surface area contributed by atoms with Crippen LogP contribution in [0.15, 0.2) is 11.9 Å². The smallest absolute Gasteiger partial charge is 0.0172 e. The first-order chi connectivity index (χ1) is 8.92. The Morgan fingerprint density at radius 2 is 1.33 bits per heavy atom. The number of unbranched alkanes of at least 4 members (excludes halogenated alkanes) is 1. The number of hydrogen-bond donors (Lipinski definition) is 0. The molecular formula is C17H31P. The molecular weight excluding hydrogens is 235 g/mol. The standard InChI is InChI=1S/C17H31P/c1-2-3-10-15-18(16-11-6-4-7-12-16)17-13-8-5-9-14-17/h10,15-17H,2-9,11-14H2,1H3. The fraction of sp³-hybridized carbons (Fsp3) is 0.882. The van der Waals surface area contributed by atoms with Gasteiger partial charge in [-0.3, -0.25) is 0 Å². The lowest BCUT2D eigenvalue weighted by atomic mass is 9.99. The maximum Gasteiger partial charge on any atom is -0.0172 e. The van der Waals surface area contributed by atoms with Gasteiger partial charge in [0.05, 0.1) is 0 Å². The summed E-state index contributed by atoms with van der Waals surface area (Å²) in [6.45, 7) is 2.30. The first-order valence-electron chi connectivity index (χ1n) is 8.36. The van der Waals surface area contributed by atoms with Crippen molar-refractivity contribution in [2.24, 2.45) is 0 Å². The molecule has 2 saturated carbocycles. The molecule has 1 heteroatoms. The number of allylic oxidation sites excluding steroid dienone is 1. The van der Waals surface area contributed by atoms with E-state index in [1.165, 1.54) is 51.4 Å². The highest BCUT2D eigenvalue weighted by atomic mass is 31.1. The van der Waals surface area contributed by atoms with E-state index >= 15 is 0 Å². The zero-order chi connectivity index (χ0) is 12.6. The number of rotatable bonds is 5. The van der Waals surface area contributed by atoms with Crippen LogP contribution in [0.25, 0.3) is 0 Å². The molecule has 0 spiro atoms. The van der Waals surface area contributed by atoms with E-state index in [4.69, 9.17) is 0 Å². The van der Waals surface area contributed by atoms with Gasteiger partial charge in [0.2, 0.25) is 0 Å². The van der Waals surface area contributed by atoms with Gasteiger partial charge in [0.25, 0.3) is 0 Å². The van der Waals surface area contributed by atoms with E-state index < -0.39 is 0 Å². The summed E-state index contributed by atoms with van der Waals surface area (Å²) in [6.07, 6.45) is 20.4. The van der Waals surface area contributed by atoms with Crippen molar-refractivity contribution in [3.8, 4) is 0 Å². The van der Waals surface area contributed by atoms with Crippen molar-refractivity contribution >= 4 is 7.92 Å². The molecule has 0 nitrogen and oxygen atoms in total. The van der Waals surface area contributed by atoms with Crippen molar-refractivity contribution < 1.29 is 0 Å². The van der Waals surface area contributed by atoms with Crippen molar-refractivity contribution in [2.75, 3.05) is 0 Å². The van der Waals surface area contributed by atoms with Crippen LogP contribution >= 0.6 is 7.92 Å². The summed E-state index contributed by atoms with van der Waals surface area (Å²) in [6, 6.07) is 0. The summed E-state index contributed by atoms with van der Waals surface area (Å²) in [5, 5.41) is 0. The molecule has 0 aliphatic heterocycles. The molecule has 0 saturated heterocycles. The van der Waals surface area contributed by atoms with Gasteiger partial charge in [-0.05, 0) is 43.4 Å². The average Bonchev–Trinajstić information content (AvgIpc) is 2.46. The summed E-state index contributed by atoms with van der Waals surface area (Å²) >= 11 is 0. The van der Waals surface area contributed by atoms with Gasteiger partial charge in [-0.2, -0.15) is 0 Å². The van der Waals surface area contributed by atoms with Gasteiger partial charge in [0.15, 0.2) is 0 Å². The Morgan fingerprint density at radius 3 is 1.78 bits per heavy atom. The molecule has 0 N–H and O–H groups in total. The van der Waals surface area contributed by atoms with Crippen LogP contribution in [0.4, 0.5) is 0 Å². The molecule has 0 radical (unpaired) electrons. The molecule has 2 rings (SSSR count). The molecule has 0 amide bonds. The minimum atomic E-state index is 0.211. The fourth-order valence-corrected chi connectivity index (χ4v) is 7.06. The molecule has 0 bridgehead atoms. The zero-order valence-corrected chi connectivity index (χ0v) is 13.1. The predicted molar refractivity (Wildman–Crippen MR) is 84.7 cm³/mol. The maximum atomic E-state index is 2.70. The van der Waals surface area contributed by atoms with Crippen molar-refractivity contribution in [3.63, 3.8) is 0 Å². The van der Waals surface area contributed by atoms with Gasteiger partial charge in [-0.1, -0.05) is 71.7 Å². The molecule has 104 valence electrons. The van der Waals surface area contributed by atoms with Crippen LogP contribution in [0.1, 0.15) is 84.0 Å². The van der Waals surface area contributed by atoms with E-state index in [1.807, 2.05) is 0 Å². The summed E-state index contributed by atoms with van der Waals surface area (Å²) in [4.78, 5) is 0. The van der Waals surface area contributed by atoms with Crippen LogP contribution in [0.5, 0.6) is 0 Å². The first kappa shape index (κ1) is 14.6. The Labute approximate surface area is 115 Å². The van der Waals surface area contributed by atoms with Crippen molar-refractivity contribution in [1.82, 2.24) is 0 Å². The van der Waals surface area contributed by atoms with Gasteiger partial charge in [0.1, 0.15) is 0 Å². The lowest BCUT2D eigenvalue weighted by Crippen LogP contribution is -2.19. The fourth-order valence-electron chi connectivity index (χ4n) is 3.66. The normalized spacial score (nSPS) is 24.1. The predicted octanol–water partition coefficient (Wildman–Crippen LogP) is 6.45. The minimum absolute atomic E-state index is 0.211. The van der Waals surface area contributed by atoms with Crippen LogP contribution in [-0.2, 0) is 0 Å². The molecule has 2 aliphatic rings. The summed E-state index contributed by atoms with van der Waals surface area (Å²) in [5.41, 5.74) is 2.18. The second-order valence-corrected chi connectivity index (χ2v) is 8.86.